The first-order valence-corrected chi connectivity index (χ1v) is 12.1. The maximum Gasteiger partial charge on any atom is 0.238 e. The van der Waals surface area contributed by atoms with E-state index < -0.39 is 0 Å². The Kier molecular flexibility index (Phi) is 8.14. The fourth-order valence-electron chi connectivity index (χ4n) is 4.18. The molecule has 188 valence electrons. The maximum atomic E-state index is 12.7. The zero-order valence-electron chi connectivity index (χ0n) is 20.8. The summed E-state index contributed by atoms with van der Waals surface area (Å²) in [5.74, 6) is 1.78. The van der Waals surface area contributed by atoms with Gasteiger partial charge in [-0.1, -0.05) is 30.3 Å². The van der Waals surface area contributed by atoms with Gasteiger partial charge in [0.2, 0.25) is 5.91 Å². The van der Waals surface area contributed by atoms with Crippen LogP contribution in [-0.2, 0) is 4.79 Å². The molecule has 0 saturated heterocycles. The van der Waals surface area contributed by atoms with Crippen molar-refractivity contribution in [3.8, 4) is 22.6 Å². The summed E-state index contributed by atoms with van der Waals surface area (Å²) in [6.45, 7) is 4.56. The normalized spacial score (nSPS) is 11.2. The molecule has 4 rings (SSSR count). The molecule has 0 bridgehead atoms. The van der Waals surface area contributed by atoms with Gasteiger partial charge in [0.1, 0.15) is 23.6 Å². The van der Waals surface area contributed by atoms with Crippen molar-refractivity contribution in [2.45, 2.75) is 19.8 Å². The number of fused-ring (bicyclic) bond motifs is 1. The molecule has 1 amide bonds. The molecule has 36 heavy (non-hydrogen) atoms. The third kappa shape index (κ3) is 5.81. The predicted octanol–water partition coefficient (Wildman–Crippen LogP) is 3.63. The molecular weight excluding hydrogens is 454 g/mol. The number of ether oxygens (including phenoxy) is 1. The van der Waals surface area contributed by atoms with Crippen LogP contribution in [-0.4, -0.2) is 58.7 Å². The van der Waals surface area contributed by atoms with Crippen molar-refractivity contribution in [3.63, 3.8) is 0 Å². The first-order valence-electron chi connectivity index (χ1n) is 12.1. The smallest absolute Gasteiger partial charge is 0.238 e. The van der Waals surface area contributed by atoms with Gasteiger partial charge in [-0.2, -0.15) is 0 Å². The van der Waals surface area contributed by atoms with Crippen LogP contribution in [0.15, 0.2) is 67.1 Å². The van der Waals surface area contributed by atoms with Crippen LogP contribution in [0.2, 0.25) is 0 Å². The van der Waals surface area contributed by atoms with Gasteiger partial charge in [-0.15, -0.1) is 0 Å². The van der Waals surface area contributed by atoms with Crippen LogP contribution in [0.4, 0.5) is 5.82 Å². The Morgan fingerprint density at radius 1 is 0.972 bits per heavy atom. The Morgan fingerprint density at radius 3 is 2.36 bits per heavy atom. The van der Waals surface area contributed by atoms with E-state index >= 15 is 0 Å². The first kappa shape index (κ1) is 25.2. The van der Waals surface area contributed by atoms with Crippen molar-refractivity contribution in [3.05, 3.63) is 67.1 Å². The number of amides is 1. The molecule has 4 aromatic rings. The highest BCUT2D eigenvalue weighted by Crippen LogP contribution is 2.34. The van der Waals surface area contributed by atoms with Crippen LogP contribution in [0.1, 0.15) is 19.8 Å². The van der Waals surface area contributed by atoms with E-state index in [4.69, 9.17) is 16.2 Å². The van der Waals surface area contributed by atoms with E-state index in [9.17, 15) is 4.79 Å². The molecule has 0 aliphatic rings. The van der Waals surface area contributed by atoms with Gasteiger partial charge in [0.05, 0.1) is 5.39 Å². The summed E-state index contributed by atoms with van der Waals surface area (Å²) in [4.78, 5) is 23.6. The molecule has 0 atom stereocenters. The SMILES string of the molecule is CC(=O)N(CCCN(C)CCCN)n1cc(-c2ccc(Oc3ccccc3)cc2)c2c(N)ncnc21. The van der Waals surface area contributed by atoms with Crippen LogP contribution in [0, 0.1) is 0 Å². The number of nitrogens with two attached hydrogens (primary N) is 2. The van der Waals surface area contributed by atoms with Gasteiger partial charge in [0, 0.05) is 25.2 Å². The van der Waals surface area contributed by atoms with E-state index in [1.165, 1.54) is 6.33 Å². The number of nitrogens with zero attached hydrogens (tertiary/aromatic N) is 5. The fourth-order valence-corrected chi connectivity index (χ4v) is 4.18. The summed E-state index contributed by atoms with van der Waals surface area (Å²) in [6.07, 6.45) is 5.08. The van der Waals surface area contributed by atoms with Crippen molar-refractivity contribution in [1.29, 1.82) is 0 Å². The van der Waals surface area contributed by atoms with Gasteiger partial charge >= 0.3 is 0 Å². The first-order chi connectivity index (χ1) is 17.5. The monoisotopic (exact) mass is 487 g/mol. The molecule has 4 N–H and O–H groups in total. The molecule has 0 aliphatic carbocycles. The second-order valence-corrected chi connectivity index (χ2v) is 8.73. The summed E-state index contributed by atoms with van der Waals surface area (Å²) in [5.41, 5.74) is 14.3. The Hall–Kier alpha value is -3.95. The van der Waals surface area contributed by atoms with E-state index in [1.54, 1.807) is 16.6 Å². The topological polar surface area (TPSA) is 116 Å². The van der Waals surface area contributed by atoms with Crippen molar-refractivity contribution in [1.82, 2.24) is 19.5 Å². The number of carbonyl (C=O) groups is 1. The van der Waals surface area contributed by atoms with E-state index in [0.717, 1.165) is 48.6 Å². The second kappa shape index (κ2) is 11.7. The molecular formula is C27H33N7O2. The lowest BCUT2D eigenvalue weighted by molar-refractivity contribution is -0.118. The molecule has 0 saturated carbocycles. The summed E-state index contributed by atoms with van der Waals surface area (Å²) >= 11 is 0. The summed E-state index contributed by atoms with van der Waals surface area (Å²) in [5, 5.41) is 2.41. The summed E-state index contributed by atoms with van der Waals surface area (Å²) in [6, 6.07) is 17.4. The lowest BCUT2D eigenvalue weighted by Gasteiger charge is -2.24. The molecule has 9 heteroatoms. The van der Waals surface area contributed by atoms with Gasteiger partial charge < -0.3 is 21.1 Å². The fraction of sp³-hybridized carbons (Fsp3) is 0.296. The van der Waals surface area contributed by atoms with Crippen molar-refractivity contribution >= 4 is 22.8 Å². The minimum absolute atomic E-state index is 0.0770. The van der Waals surface area contributed by atoms with Crippen molar-refractivity contribution in [2.24, 2.45) is 5.73 Å². The minimum atomic E-state index is -0.0770. The molecule has 2 aromatic heterocycles. The Labute approximate surface area is 211 Å². The van der Waals surface area contributed by atoms with E-state index in [1.807, 2.05) is 60.8 Å². The number of hydrogen-bond donors (Lipinski definition) is 2. The molecule has 0 unspecified atom stereocenters. The molecule has 2 heterocycles. The molecule has 0 fully saturated rings. The Balaban J connectivity index is 1.61. The highest BCUT2D eigenvalue weighted by Gasteiger charge is 2.21. The standard InChI is InChI=1S/C27H33N7O2/c1-20(35)33(17-7-16-32(2)15-6-14-28)34-18-24(25-26(29)30-19-31-27(25)34)21-10-12-23(13-11-21)36-22-8-4-3-5-9-22/h3-5,8-13,18-19H,6-7,14-17,28H2,1-2H3,(H2,29,30,31). The quantitative estimate of drug-likeness (QED) is 0.332. The number of hydrogen-bond acceptors (Lipinski definition) is 7. The maximum absolute atomic E-state index is 12.7. The summed E-state index contributed by atoms with van der Waals surface area (Å²) in [7, 11) is 2.07. The average molecular weight is 488 g/mol. The van der Waals surface area contributed by atoms with Gasteiger partial charge in [0.25, 0.3) is 0 Å². The second-order valence-electron chi connectivity index (χ2n) is 8.73. The molecule has 9 nitrogen and oxygen atoms in total. The van der Waals surface area contributed by atoms with Crippen LogP contribution in [0.3, 0.4) is 0 Å². The number of nitrogen functional groups attached to an aromatic ring is 1. The molecule has 0 aliphatic heterocycles. The zero-order valence-corrected chi connectivity index (χ0v) is 20.8. The van der Waals surface area contributed by atoms with E-state index in [0.29, 0.717) is 29.9 Å². The van der Waals surface area contributed by atoms with Crippen LogP contribution < -0.4 is 21.2 Å². The van der Waals surface area contributed by atoms with Crippen LogP contribution in [0.5, 0.6) is 11.5 Å². The number of rotatable bonds is 11. The van der Waals surface area contributed by atoms with E-state index in [-0.39, 0.29) is 5.91 Å². The van der Waals surface area contributed by atoms with Crippen molar-refractivity contribution in [2.75, 3.05) is 44.0 Å². The summed E-state index contributed by atoms with van der Waals surface area (Å²) < 4.78 is 7.72. The zero-order chi connectivity index (χ0) is 25.5. The number of carbonyl (C=O) groups excluding carboxylic acids is 1. The van der Waals surface area contributed by atoms with Gasteiger partial charge in [-0.25, -0.2) is 19.7 Å². The number of anilines is 1. The average Bonchev–Trinajstić information content (AvgIpc) is 3.27. The van der Waals surface area contributed by atoms with Crippen LogP contribution in [0.25, 0.3) is 22.2 Å². The number of benzene rings is 2. The van der Waals surface area contributed by atoms with Crippen LogP contribution >= 0.6 is 0 Å². The molecule has 0 radical (unpaired) electrons. The van der Waals surface area contributed by atoms with Gasteiger partial charge in [0.15, 0.2) is 5.65 Å². The third-order valence-corrected chi connectivity index (χ3v) is 6.02. The number of para-hydroxylation sites is 1. The predicted molar refractivity (Wildman–Crippen MR) is 143 cm³/mol. The lowest BCUT2D eigenvalue weighted by Crippen LogP contribution is -2.40. The largest absolute Gasteiger partial charge is 0.457 e. The third-order valence-electron chi connectivity index (χ3n) is 6.02. The Bertz CT molecular complexity index is 1290. The Morgan fingerprint density at radius 2 is 1.67 bits per heavy atom. The minimum Gasteiger partial charge on any atom is -0.457 e. The molecule has 0 spiro atoms. The van der Waals surface area contributed by atoms with E-state index in [2.05, 4.69) is 21.9 Å². The molecule has 2 aromatic carbocycles. The van der Waals surface area contributed by atoms with Gasteiger partial charge in [-0.05, 0) is 69.4 Å². The van der Waals surface area contributed by atoms with Gasteiger partial charge in [-0.3, -0.25) is 4.79 Å². The number of aromatic nitrogens is 3. The van der Waals surface area contributed by atoms with Crippen molar-refractivity contribution < 1.29 is 9.53 Å². The lowest BCUT2D eigenvalue weighted by atomic mass is 10.1. The highest BCUT2D eigenvalue weighted by atomic mass is 16.5. The highest BCUT2D eigenvalue weighted by molar-refractivity contribution is 6.01.